The summed E-state index contributed by atoms with van der Waals surface area (Å²) in [5, 5.41) is 10.8. The summed E-state index contributed by atoms with van der Waals surface area (Å²) in [6.45, 7) is 4.14. The van der Waals surface area contributed by atoms with Crippen LogP contribution in [0.25, 0.3) is 0 Å². The number of aromatic carboxylic acids is 1. The summed E-state index contributed by atoms with van der Waals surface area (Å²) in [5.41, 5.74) is 3.29. The van der Waals surface area contributed by atoms with Gasteiger partial charge in [-0.1, -0.05) is 17.7 Å². The molecule has 0 aliphatic carbocycles. The number of nitrogens with zero attached hydrogens (tertiary/aromatic N) is 1. The quantitative estimate of drug-likeness (QED) is 0.866. The Balaban J connectivity index is 2.06. The molecule has 0 radical (unpaired) electrons. The van der Waals surface area contributed by atoms with Gasteiger partial charge in [-0.05, 0) is 25.5 Å². The first kappa shape index (κ1) is 13.1. The van der Waals surface area contributed by atoms with Crippen molar-refractivity contribution in [2.75, 3.05) is 0 Å². The van der Waals surface area contributed by atoms with Crippen molar-refractivity contribution in [2.45, 2.75) is 24.5 Å². The van der Waals surface area contributed by atoms with Crippen LogP contribution in [0, 0.1) is 13.8 Å². The largest absolute Gasteiger partial charge is 0.476 e. The molecular weight excluding hydrogens is 266 g/mol. The number of aromatic nitrogens is 1. The first-order valence-electron chi connectivity index (χ1n) is 5.44. The minimum atomic E-state index is -0.956. The molecule has 0 amide bonds. The minimum Gasteiger partial charge on any atom is -0.476 e. The van der Waals surface area contributed by atoms with Gasteiger partial charge in [0, 0.05) is 16.0 Å². The summed E-state index contributed by atoms with van der Waals surface area (Å²) in [6, 6.07) is 6.33. The summed E-state index contributed by atoms with van der Waals surface area (Å²) in [4.78, 5) is 16.0. The Kier molecular flexibility index (Phi) is 4.04. The van der Waals surface area contributed by atoms with E-state index >= 15 is 0 Å². The number of carboxylic acid groups (broad SMARTS) is 1. The number of carbonyl (C=O) groups is 1. The SMILES string of the molecule is Cc1ccc(C)c(SCc2csc(C(=O)O)n2)c1. The van der Waals surface area contributed by atoms with Crippen LogP contribution in [0.15, 0.2) is 28.5 Å². The van der Waals surface area contributed by atoms with Crippen LogP contribution in [-0.4, -0.2) is 16.1 Å². The highest BCUT2D eigenvalue weighted by Gasteiger charge is 2.09. The van der Waals surface area contributed by atoms with Gasteiger partial charge in [0.1, 0.15) is 0 Å². The molecular formula is C13H13NO2S2. The predicted molar refractivity (Wildman–Crippen MR) is 74.6 cm³/mol. The third-order valence-corrected chi connectivity index (χ3v) is 4.52. The number of thioether (sulfide) groups is 1. The molecule has 0 bridgehead atoms. The van der Waals surface area contributed by atoms with Crippen LogP contribution in [0.5, 0.6) is 0 Å². The molecule has 0 saturated heterocycles. The Bertz CT molecular complexity index is 578. The summed E-state index contributed by atoms with van der Waals surface area (Å²) >= 11 is 2.87. The van der Waals surface area contributed by atoms with Crippen molar-refractivity contribution in [3.63, 3.8) is 0 Å². The molecule has 5 heteroatoms. The van der Waals surface area contributed by atoms with Crippen molar-refractivity contribution < 1.29 is 9.90 Å². The first-order chi connectivity index (χ1) is 8.56. The molecule has 0 unspecified atom stereocenters. The summed E-state index contributed by atoms with van der Waals surface area (Å²) in [5.74, 6) is -0.253. The highest BCUT2D eigenvalue weighted by atomic mass is 32.2. The van der Waals surface area contributed by atoms with Crippen molar-refractivity contribution >= 4 is 29.1 Å². The van der Waals surface area contributed by atoms with Gasteiger partial charge in [0.05, 0.1) is 5.69 Å². The van der Waals surface area contributed by atoms with Crippen molar-refractivity contribution in [3.05, 3.63) is 45.4 Å². The monoisotopic (exact) mass is 279 g/mol. The Morgan fingerprint density at radius 3 is 2.89 bits per heavy atom. The lowest BCUT2D eigenvalue weighted by Gasteiger charge is -2.05. The molecule has 94 valence electrons. The standard InChI is InChI=1S/C13H13NO2S2/c1-8-3-4-9(2)11(5-8)17-6-10-7-18-12(14-10)13(15)16/h3-5,7H,6H2,1-2H3,(H,15,16). The molecule has 1 aromatic carbocycles. The number of carboxylic acids is 1. The fourth-order valence-corrected chi connectivity index (χ4v) is 3.26. The Labute approximate surface area is 114 Å². The van der Waals surface area contributed by atoms with E-state index in [9.17, 15) is 4.79 Å². The number of hydrogen-bond acceptors (Lipinski definition) is 4. The van der Waals surface area contributed by atoms with Gasteiger partial charge >= 0.3 is 5.97 Å². The molecule has 2 aromatic rings. The number of aryl methyl sites for hydroxylation is 2. The van der Waals surface area contributed by atoms with Gasteiger partial charge < -0.3 is 5.11 Å². The molecule has 3 nitrogen and oxygen atoms in total. The van der Waals surface area contributed by atoms with E-state index in [2.05, 4.69) is 37.0 Å². The molecule has 1 heterocycles. The zero-order valence-corrected chi connectivity index (χ0v) is 11.8. The fraction of sp³-hybridized carbons (Fsp3) is 0.231. The lowest BCUT2D eigenvalue weighted by Crippen LogP contribution is -1.95. The van der Waals surface area contributed by atoms with Gasteiger partial charge in [-0.3, -0.25) is 0 Å². The highest BCUT2D eigenvalue weighted by Crippen LogP contribution is 2.27. The smallest absolute Gasteiger partial charge is 0.365 e. The number of thiazole rings is 1. The molecule has 0 fully saturated rings. The molecule has 1 N–H and O–H groups in total. The second kappa shape index (κ2) is 5.54. The van der Waals surface area contributed by atoms with Crippen LogP contribution in [-0.2, 0) is 5.75 Å². The van der Waals surface area contributed by atoms with Crippen molar-refractivity contribution in [1.82, 2.24) is 4.98 Å². The molecule has 0 aliphatic rings. The van der Waals surface area contributed by atoms with E-state index in [1.165, 1.54) is 27.4 Å². The second-order valence-electron chi connectivity index (χ2n) is 4.01. The average molecular weight is 279 g/mol. The van der Waals surface area contributed by atoms with Crippen molar-refractivity contribution in [2.24, 2.45) is 0 Å². The summed E-state index contributed by atoms with van der Waals surface area (Å²) in [7, 11) is 0. The first-order valence-corrected chi connectivity index (χ1v) is 7.30. The normalized spacial score (nSPS) is 10.6. The van der Waals surface area contributed by atoms with E-state index in [0.717, 1.165) is 5.69 Å². The van der Waals surface area contributed by atoms with Gasteiger partial charge in [-0.15, -0.1) is 23.1 Å². The molecule has 0 atom stereocenters. The number of hydrogen-bond donors (Lipinski definition) is 1. The van der Waals surface area contributed by atoms with Crippen LogP contribution in [0.3, 0.4) is 0 Å². The number of rotatable bonds is 4. The van der Waals surface area contributed by atoms with Crippen molar-refractivity contribution in [1.29, 1.82) is 0 Å². The van der Waals surface area contributed by atoms with Gasteiger partial charge in [0.2, 0.25) is 5.01 Å². The predicted octanol–water partition coefficient (Wildman–Crippen LogP) is 3.75. The van der Waals surface area contributed by atoms with Crippen LogP contribution in [0.2, 0.25) is 0 Å². The van der Waals surface area contributed by atoms with Crippen molar-refractivity contribution in [3.8, 4) is 0 Å². The molecule has 2 rings (SSSR count). The molecule has 0 saturated carbocycles. The topological polar surface area (TPSA) is 50.2 Å². The maximum Gasteiger partial charge on any atom is 0.365 e. The third-order valence-electron chi connectivity index (χ3n) is 2.45. The molecule has 18 heavy (non-hydrogen) atoms. The second-order valence-corrected chi connectivity index (χ2v) is 5.88. The Morgan fingerprint density at radius 2 is 2.22 bits per heavy atom. The van der Waals surface area contributed by atoms with E-state index in [-0.39, 0.29) is 5.01 Å². The summed E-state index contributed by atoms with van der Waals surface area (Å²) < 4.78 is 0. The fourth-order valence-electron chi connectivity index (χ4n) is 1.49. The van der Waals surface area contributed by atoms with E-state index in [4.69, 9.17) is 5.11 Å². The van der Waals surface area contributed by atoms with E-state index in [0.29, 0.717) is 5.75 Å². The third kappa shape index (κ3) is 3.11. The van der Waals surface area contributed by atoms with Gasteiger partial charge in [-0.25, -0.2) is 9.78 Å². The van der Waals surface area contributed by atoms with E-state index < -0.39 is 5.97 Å². The average Bonchev–Trinajstić information content (AvgIpc) is 2.79. The van der Waals surface area contributed by atoms with E-state index in [1.807, 2.05) is 5.38 Å². The maximum absolute atomic E-state index is 10.7. The van der Waals surface area contributed by atoms with Gasteiger partial charge in [-0.2, -0.15) is 0 Å². The lowest BCUT2D eigenvalue weighted by atomic mass is 10.2. The minimum absolute atomic E-state index is 0.159. The lowest BCUT2D eigenvalue weighted by molar-refractivity contribution is 0.0696. The van der Waals surface area contributed by atoms with Crippen LogP contribution >= 0.6 is 23.1 Å². The zero-order chi connectivity index (χ0) is 13.1. The zero-order valence-electron chi connectivity index (χ0n) is 10.1. The number of benzene rings is 1. The van der Waals surface area contributed by atoms with Crippen LogP contribution in [0.1, 0.15) is 26.6 Å². The molecule has 0 spiro atoms. The van der Waals surface area contributed by atoms with Gasteiger partial charge in [0.25, 0.3) is 0 Å². The Hall–Kier alpha value is -1.33. The van der Waals surface area contributed by atoms with E-state index in [1.54, 1.807) is 11.8 Å². The Morgan fingerprint density at radius 1 is 1.44 bits per heavy atom. The maximum atomic E-state index is 10.7. The highest BCUT2D eigenvalue weighted by molar-refractivity contribution is 7.98. The van der Waals surface area contributed by atoms with Crippen LogP contribution < -0.4 is 0 Å². The molecule has 1 aromatic heterocycles. The summed E-state index contributed by atoms with van der Waals surface area (Å²) in [6.07, 6.45) is 0. The van der Waals surface area contributed by atoms with Gasteiger partial charge in [0.15, 0.2) is 0 Å². The molecule has 0 aliphatic heterocycles. The van der Waals surface area contributed by atoms with Crippen LogP contribution in [0.4, 0.5) is 0 Å².